The summed E-state index contributed by atoms with van der Waals surface area (Å²) in [5.41, 5.74) is 5.24. The first-order valence-corrected chi connectivity index (χ1v) is 11.0. The lowest BCUT2D eigenvalue weighted by atomic mass is 9.78. The molecule has 1 aliphatic heterocycles. The summed E-state index contributed by atoms with van der Waals surface area (Å²) >= 11 is 0. The predicted molar refractivity (Wildman–Crippen MR) is 127 cm³/mol. The first-order chi connectivity index (χ1) is 15.2. The molecule has 1 atom stereocenters. The average molecular weight is 428 g/mol. The molecule has 0 spiro atoms. The second kappa shape index (κ2) is 8.62. The monoisotopic (exact) mass is 427 g/mol. The van der Waals surface area contributed by atoms with Gasteiger partial charge in [-0.1, -0.05) is 62.4 Å². The second-order valence-electron chi connectivity index (χ2n) is 9.19. The number of hydrogen-bond acceptors (Lipinski definition) is 3. The number of rotatable bonds is 5. The Morgan fingerprint density at radius 2 is 1.50 bits per heavy atom. The topological polar surface area (TPSA) is 46.6 Å². The van der Waals surface area contributed by atoms with Crippen LogP contribution < -0.4 is 9.64 Å². The van der Waals surface area contributed by atoms with Gasteiger partial charge in [0.05, 0.1) is 5.92 Å². The maximum Gasteiger partial charge on any atom is 0.316 e. The molecule has 4 rings (SSSR count). The number of esters is 1. The minimum Gasteiger partial charge on any atom is -0.426 e. The van der Waals surface area contributed by atoms with Gasteiger partial charge in [0.25, 0.3) is 0 Å². The molecule has 1 heterocycles. The van der Waals surface area contributed by atoms with E-state index in [0.717, 1.165) is 22.4 Å². The Balaban J connectivity index is 1.44. The number of benzene rings is 3. The largest absolute Gasteiger partial charge is 0.426 e. The Bertz CT molecular complexity index is 1110. The minimum absolute atomic E-state index is 0.0445. The molecule has 3 aromatic carbocycles. The summed E-state index contributed by atoms with van der Waals surface area (Å²) in [4.78, 5) is 27.0. The van der Waals surface area contributed by atoms with Gasteiger partial charge in [-0.05, 0) is 60.4 Å². The number of nitrogens with zero attached hydrogens (tertiary/aromatic N) is 1. The number of aryl methyl sites for hydroxylation is 2. The molecule has 0 aliphatic carbocycles. The Morgan fingerprint density at radius 1 is 0.906 bits per heavy atom. The summed E-state index contributed by atoms with van der Waals surface area (Å²) in [5, 5.41) is 0. The van der Waals surface area contributed by atoms with E-state index in [9.17, 15) is 9.59 Å². The van der Waals surface area contributed by atoms with Crippen molar-refractivity contribution in [1.29, 1.82) is 0 Å². The van der Waals surface area contributed by atoms with Crippen molar-refractivity contribution in [2.45, 2.75) is 39.5 Å². The Hall–Kier alpha value is -3.40. The molecule has 1 saturated heterocycles. The molecule has 164 valence electrons. The molecule has 4 nitrogen and oxygen atoms in total. The summed E-state index contributed by atoms with van der Waals surface area (Å²) in [6.07, 6.45) is 0.172. The van der Waals surface area contributed by atoms with Crippen LogP contribution in [0.4, 0.5) is 5.69 Å². The zero-order chi connectivity index (χ0) is 22.9. The van der Waals surface area contributed by atoms with Crippen LogP contribution in [0.25, 0.3) is 0 Å². The third kappa shape index (κ3) is 4.45. The lowest BCUT2D eigenvalue weighted by molar-refractivity contribution is -0.139. The molecule has 0 bridgehead atoms. The molecule has 1 amide bonds. The highest BCUT2D eigenvalue weighted by Gasteiger charge is 2.36. The summed E-state index contributed by atoms with van der Waals surface area (Å²) in [6.45, 7) is 8.71. The fourth-order valence-electron chi connectivity index (χ4n) is 4.38. The molecule has 0 N–H and O–H groups in total. The van der Waals surface area contributed by atoms with Gasteiger partial charge in [-0.25, -0.2) is 0 Å². The third-order valence-corrected chi connectivity index (χ3v) is 6.27. The molecule has 4 heteroatoms. The average Bonchev–Trinajstić information content (AvgIpc) is 3.16. The summed E-state index contributed by atoms with van der Waals surface area (Å²) in [7, 11) is 0. The number of anilines is 1. The van der Waals surface area contributed by atoms with Gasteiger partial charge in [-0.15, -0.1) is 0 Å². The van der Waals surface area contributed by atoms with Crippen LogP contribution in [-0.4, -0.2) is 18.4 Å². The van der Waals surface area contributed by atoms with Crippen molar-refractivity contribution >= 4 is 17.6 Å². The maximum atomic E-state index is 12.8. The van der Waals surface area contributed by atoms with Gasteiger partial charge in [0.1, 0.15) is 5.75 Å². The van der Waals surface area contributed by atoms with E-state index in [-0.39, 0.29) is 23.7 Å². The van der Waals surface area contributed by atoms with Crippen LogP contribution >= 0.6 is 0 Å². The predicted octanol–water partition coefficient (Wildman–Crippen LogP) is 5.59. The highest BCUT2D eigenvalue weighted by molar-refractivity contribution is 5.99. The zero-order valence-corrected chi connectivity index (χ0v) is 19.1. The van der Waals surface area contributed by atoms with Crippen molar-refractivity contribution in [3.05, 3.63) is 95.1 Å². The fraction of sp³-hybridized carbons (Fsp3) is 0.286. The molecule has 0 saturated carbocycles. The summed E-state index contributed by atoms with van der Waals surface area (Å²) < 4.78 is 5.63. The van der Waals surface area contributed by atoms with E-state index >= 15 is 0 Å². The van der Waals surface area contributed by atoms with E-state index < -0.39 is 5.92 Å². The molecule has 32 heavy (non-hydrogen) atoms. The van der Waals surface area contributed by atoms with Crippen LogP contribution in [0.5, 0.6) is 5.75 Å². The molecule has 0 radical (unpaired) electrons. The number of ether oxygens (including phenoxy) is 1. The Kier molecular flexibility index (Phi) is 5.88. The van der Waals surface area contributed by atoms with Crippen LogP contribution in [0.1, 0.15) is 42.5 Å². The van der Waals surface area contributed by atoms with Crippen LogP contribution in [0.2, 0.25) is 0 Å². The number of amides is 1. The van der Waals surface area contributed by atoms with E-state index in [1.54, 1.807) is 4.90 Å². The quantitative estimate of drug-likeness (QED) is 0.394. The van der Waals surface area contributed by atoms with Gasteiger partial charge < -0.3 is 9.64 Å². The van der Waals surface area contributed by atoms with E-state index in [1.165, 1.54) is 5.56 Å². The van der Waals surface area contributed by atoms with Gasteiger partial charge in [0.2, 0.25) is 5.91 Å². The minimum atomic E-state index is -0.469. The lowest BCUT2D eigenvalue weighted by Gasteiger charge is -2.26. The maximum absolute atomic E-state index is 12.8. The fourth-order valence-corrected chi connectivity index (χ4v) is 4.38. The standard InChI is InChI=1S/C28H29NO3/c1-19-14-20(2)16-24(15-19)29-18-21(17-26(29)30)27(31)32-25-12-10-23(11-13-25)28(3,4)22-8-6-5-7-9-22/h5-16,21H,17-18H2,1-4H3/t21-/m0/s1. The van der Waals surface area contributed by atoms with Crippen molar-refractivity contribution in [2.24, 2.45) is 5.92 Å². The number of carbonyl (C=O) groups excluding carboxylic acids is 2. The first-order valence-electron chi connectivity index (χ1n) is 11.0. The molecule has 1 aliphatic rings. The van der Waals surface area contributed by atoms with Crippen LogP contribution in [0, 0.1) is 19.8 Å². The molecule has 0 unspecified atom stereocenters. The normalized spacial score (nSPS) is 16.3. The van der Waals surface area contributed by atoms with Crippen molar-refractivity contribution < 1.29 is 14.3 Å². The van der Waals surface area contributed by atoms with E-state index in [0.29, 0.717) is 12.3 Å². The van der Waals surface area contributed by atoms with Crippen molar-refractivity contribution in [1.82, 2.24) is 0 Å². The number of hydrogen-bond donors (Lipinski definition) is 0. The summed E-state index contributed by atoms with van der Waals surface area (Å²) in [5.74, 6) is -0.374. The van der Waals surface area contributed by atoms with Crippen LogP contribution in [-0.2, 0) is 15.0 Å². The second-order valence-corrected chi connectivity index (χ2v) is 9.19. The van der Waals surface area contributed by atoms with Crippen molar-refractivity contribution in [2.75, 3.05) is 11.4 Å². The molecule has 3 aromatic rings. The van der Waals surface area contributed by atoms with E-state index in [2.05, 4.69) is 32.0 Å². The SMILES string of the molecule is Cc1cc(C)cc(N2C[C@@H](C(=O)Oc3ccc(C(C)(C)c4ccccc4)cc3)CC2=O)c1. The molecule has 1 fully saturated rings. The van der Waals surface area contributed by atoms with Gasteiger partial charge in [-0.2, -0.15) is 0 Å². The van der Waals surface area contributed by atoms with Gasteiger partial charge >= 0.3 is 5.97 Å². The zero-order valence-electron chi connectivity index (χ0n) is 19.1. The molecule has 0 aromatic heterocycles. The molecular formula is C28H29NO3. The highest BCUT2D eigenvalue weighted by atomic mass is 16.5. The Labute approximate surface area is 189 Å². The van der Waals surface area contributed by atoms with Gasteiger partial charge in [-0.3, -0.25) is 9.59 Å². The van der Waals surface area contributed by atoms with Crippen molar-refractivity contribution in [3.63, 3.8) is 0 Å². The number of carbonyl (C=O) groups is 2. The van der Waals surface area contributed by atoms with E-state index in [1.807, 2.05) is 68.4 Å². The summed E-state index contributed by atoms with van der Waals surface area (Å²) in [6, 6.07) is 24.0. The van der Waals surface area contributed by atoms with Crippen molar-refractivity contribution in [3.8, 4) is 5.75 Å². The van der Waals surface area contributed by atoms with Gasteiger partial charge in [0, 0.05) is 24.1 Å². The lowest BCUT2D eigenvalue weighted by Crippen LogP contribution is -2.27. The first kappa shape index (κ1) is 21.8. The van der Waals surface area contributed by atoms with Gasteiger partial charge in [0.15, 0.2) is 0 Å². The van der Waals surface area contributed by atoms with Crippen LogP contribution in [0.3, 0.4) is 0 Å². The third-order valence-electron chi connectivity index (χ3n) is 6.27. The smallest absolute Gasteiger partial charge is 0.316 e. The highest BCUT2D eigenvalue weighted by Crippen LogP contribution is 2.33. The molecular weight excluding hydrogens is 398 g/mol. The Morgan fingerprint density at radius 3 is 2.12 bits per heavy atom. The van der Waals surface area contributed by atoms with Crippen LogP contribution in [0.15, 0.2) is 72.8 Å². The van der Waals surface area contributed by atoms with E-state index in [4.69, 9.17) is 4.74 Å².